The van der Waals surface area contributed by atoms with Crippen molar-refractivity contribution in [2.45, 2.75) is 13.1 Å². The Morgan fingerprint density at radius 2 is 1.56 bits per heavy atom. The Kier molecular flexibility index (Phi) is 3.27. The van der Waals surface area contributed by atoms with Gasteiger partial charge in [-0.05, 0) is 23.3 Å². The monoisotopic (exact) mass is 322 g/mol. The van der Waals surface area contributed by atoms with Gasteiger partial charge in [0.05, 0.1) is 16.9 Å². The van der Waals surface area contributed by atoms with Crippen molar-refractivity contribution in [3.8, 4) is 11.3 Å². The Labute approximate surface area is 147 Å². The lowest BCUT2D eigenvalue weighted by molar-refractivity contribution is 0.790. The molecule has 25 heavy (non-hydrogen) atoms. The molecule has 2 heteroatoms. The first kappa shape index (κ1) is 14.2. The summed E-state index contributed by atoms with van der Waals surface area (Å²) in [6.45, 7) is 1.81. The minimum Gasteiger partial charge on any atom is -0.361 e. The molecule has 0 spiro atoms. The number of hydrogen-bond acceptors (Lipinski definition) is 2. The van der Waals surface area contributed by atoms with Gasteiger partial charge in [-0.2, -0.15) is 0 Å². The molecule has 0 N–H and O–H groups in total. The molecule has 0 unspecified atom stereocenters. The lowest BCUT2D eigenvalue weighted by Gasteiger charge is -2.32. The van der Waals surface area contributed by atoms with Crippen LogP contribution in [0.15, 0.2) is 84.9 Å². The van der Waals surface area contributed by atoms with Crippen LogP contribution < -0.4 is 4.90 Å². The van der Waals surface area contributed by atoms with Gasteiger partial charge in [-0.15, -0.1) is 0 Å². The summed E-state index contributed by atoms with van der Waals surface area (Å²) < 4.78 is 0. The van der Waals surface area contributed by atoms with Crippen LogP contribution in [0.5, 0.6) is 0 Å². The molecule has 1 aliphatic rings. The predicted molar refractivity (Wildman–Crippen MR) is 104 cm³/mol. The molecule has 0 fully saturated rings. The zero-order valence-electron chi connectivity index (χ0n) is 13.9. The third-order valence-corrected chi connectivity index (χ3v) is 4.89. The molecular weight excluding hydrogens is 304 g/mol. The Morgan fingerprint density at radius 1 is 0.800 bits per heavy atom. The van der Waals surface area contributed by atoms with Crippen LogP contribution in [0.3, 0.4) is 0 Å². The van der Waals surface area contributed by atoms with Crippen molar-refractivity contribution in [2.75, 3.05) is 4.90 Å². The summed E-state index contributed by atoms with van der Waals surface area (Å²) in [6, 6.07) is 29.9. The summed E-state index contributed by atoms with van der Waals surface area (Å²) in [5, 5.41) is 1.19. The zero-order chi connectivity index (χ0) is 16.6. The number of pyridine rings is 1. The number of rotatable bonds is 2. The maximum atomic E-state index is 5.01. The summed E-state index contributed by atoms with van der Waals surface area (Å²) in [5.41, 5.74) is 7.29. The van der Waals surface area contributed by atoms with Crippen molar-refractivity contribution < 1.29 is 0 Å². The van der Waals surface area contributed by atoms with E-state index in [9.17, 15) is 0 Å². The Morgan fingerprint density at radius 3 is 2.48 bits per heavy atom. The van der Waals surface area contributed by atoms with Gasteiger partial charge < -0.3 is 4.90 Å². The molecule has 0 radical (unpaired) electrons. The van der Waals surface area contributed by atoms with Crippen LogP contribution in [-0.4, -0.2) is 4.98 Å². The second-order valence-corrected chi connectivity index (χ2v) is 6.55. The second-order valence-electron chi connectivity index (χ2n) is 6.55. The van der Waals surface area contributed by atoms with Crippen LogP contribution in [0.25, 0.3) is 22.2 Å². The molecule has 2 heterocycles. The number of benzene rings is 3. The van der Waals surface area contributed by atoms with Gasteiger partial charge in [0.25, 0.3) is 0 Å². The molecule has 0 bridgehead atoms. The van der Waals surface area contributed by atoms with E-state index in [2.05, 4.69) is 89.8 Å². The number of para-hydroxylation sites is 1. The van der Waals surface area contributed by atoms with Gasteiger partial charge in [0, 0.05) is 24.0 Å². The fourth-order valence-electron chi connectivity index (χ4n) is 3.67. The molecule has 1 aromatic heterocycles. The maximum absolute atomic E-state index is 5.01. The molecule has 0 amide bonds. The summed E-state index contributed by atoms with van der Waals surface area (Å²) in [7, 11) is 0. The average Bonchev–Trinajstić information content (AvgIpc) is 2.68. The fraction of sp³-hybridized carbons (Fsp3) is 0.0870. The average molecular weight is 322 g/mol. The molecule has 2 nitrogen and oxygen atoms in total. The Bertz CT molecular complexity index is 1050. The van der Waals surface area contributed by atoms with Gasteiger partial charge in [0.2, 0.25) is 0 Å². The van der Waals surface area contributed by atoms with Crippen molar-refractivity contribution in [1.29, 1.82) is 0 Å². The van der Waals surface area contributed by atoms with E-state index in [4.69, 9.17) is 4.98 Å². The normalized spacial score (nSPS) is 12.7. The van der Waals surface area contributed by atoms with E-state index in [0.717, 1.165) is 24.3 Å². The third kappa shape index (κ3) is 2.47. The second kappa shape index (κ2) is 5.75. The van der Waals surface area contributed by atoms with Crippen LogP contribution in [0.4, 0.5) is 5.69 Å². The largest absolute Gasteiger partial charge is 0.361 e. The van der Waals surface area contributed by atoms with E-state index in [-0.39, 0.29) is 0 Å². The third-order valence-electron chi connectivity index (χ3n) is 4.89. The van der Waals surface area contributed by atoms with Crippen LogP contribution in [0.2, 0.25) is 0 Å². The van der Waals surface area contributed by atoms with Gasteiger partial charge in [-0.25, -0.2) is 4.98 Å². The summed E-state index contributed by atoms with van der Waals surface area (Å²) in [5.74, 6) is 0. The molecule has 4 aromatic rings. The Hall–Kier alpha value is -3.13. The summed E-state index contributed by atoms with van der Waals surface area (Å²) in [4.78, 5) is 7.44. The van der Waals surface area contributed by atoms with Gasteiger partial charge >= 0.3 is 0 Å². The molecule has 0 atom stereocenters. The molecule has 3 aromatic carbocycles. The first-order valence-electron chi connectivity index (χ1n) is 8.65. The van der Waals surface area contributed by atoms with Crippen molar-refractivity contribution in [3.05, 3.63) is 96.1 Å². The van der Waals surface area contributed by atoms with Gasteiger partial charge in [0.15, 0.2) is 0 Å². The maximum Gasteiger partial charge on any atom is 0.0946 e. The first-order chi connectivity index (χ1) is 12.4. The minimum atomic E-state index is 0.891. The highest BCUT2D eigenvalue weighted by Crippen LogP contribution is 2.40. The lowest BCUT2D eigenvalue weighted by atomic mass is 9.96. The summed E-state index contributed by atoms with van der Waals surface area (Å²) >= 11 is 0. The highest BCUT2D eigenvalue weighted by Gasteiger charge is 2.23. The highest BCUT2D eigenvalue weighted by molar-refractivity contribution is 5.91. The number of aromatic nitrogens is 1. The van der Waals surface area contributed by atoms with Crippen LogP contribution in [0.1, 0.15) is 11.1 Å². The number of anilines is 1. The van der Waals surface area contributed by atoms with Crippen LogP contribution in [-0.2, 0) is 13.1 Å². The molecule has 0 saturated carbocycles. The van der Waals surface area contributed by atoms with Crippen molar-refractivity contribution in [1.82, 2.24) is 4.98 Å². The van der Waals surface area contributed by atoms with Crippen LogP contribution >= 0.6 is 0 Å². The molecule has 0 saturated heterocycles. The number of nitrogens with zero attached hydrogens (tertiary/aromatic N) is 2. The standard InChI is InChI=1S/C23H18N2/c1-2-8-17(9-3-1)15-25-16-19-11-4-6-12-20(19)23-22(25)14-18-10-5-7-13-21(18)24-23/h1-14H,15-16H2. The highest BCUT2D eigenvalue weighted by atomic mass is 15.1. The van der Waals surface area contributed by atoms with E-state index < -0.39 is 0 Å². The summed E-state index contributed by atoms with van der Waals surface area (Å²) in [6.07, 6.45) is 0. The van der Waals surface area contributed by atoms with Gasteiger partial charge in [-0.3, -0.25) is 0 Å². The van der Waals surface area contributed by atoms with Crippen LogP contribution in [0, 0.1) is 0 Å². The lowest BCUT2D eigenvalue weighted by Crippen LogP contribution is -2.26. The van der Waals surface area contributed by atoms with E-state index >= 15 is 0 Å². The van der Waals surface area contributed by atoms with Crippen molar-refractivity contribution in [2.24, 2.45) is 0 Å². The van der Waals surface area contributed by atoms with E-state index in [1.807, 2.05) is 0 Å². The number of fused-ring (bicyclic) bond motifs is 4. The topological polar surface area (TPSA) is 16.1 Å². The van der Waals surface area contributed by atoms with Gasteiger partial charge in [0.1, 0.15) is 0 Å². The zero-order valence-corrected chi connectivity index (χ0v) is 13.9. The van der Waals surface area contributed by atoms with E-state index in [0.29, 0.717) is 0 Å². The molecular formula is C23H18N2. The molecule has 120 valence electrons. The minimum absolute atomic E-state index is 0.891. The van der Waals surface area contributed by atoms with Gasteiger partial charge in [-0.1, -0.05) is 72.8 Å². The van der Waals surface area contributed by atoms with E-state index in [1.54, 1.807) is 0 Å². The molecule has 1 aliphatic heterocycles. The number of hydrogen-bond donors (Lipinski definition) is 0. The van der Waals surface area contributed by atoms with Crippen molar-refractivity contribution >= 4 is 16.6 Å². The van der Waals surface area contributed by atoms with Crippen molar-refractivity contribution in [3.63, 3.8) is 0 Å². The quantitative estimate of drug-likeness (QED) is 0.490. The SMILES string of the molecule is c1ccc(CN2Cc3ccccc3-c3nc4ccccc4cc32)cc1. The smallest absolute Gasteiger partial charge is 0.0946 e. The van der Waals surface area contributed by atoms with E-state index in [1.165, 1.54) is 27.8 Å². The Balaban J connectivity index is 1.70. The first-order valence-corrected chi connectivity index (χ1v) is 8.65. The predicted octanol–water partition coefficient (Wildman–Crippen LogP) is 5.42. The molecule has 5 rings (SSSR count). The fourth-order valence-corrected chi connectivity index (χ4v) is 3.67. The molecule has 0 aliphatic carbocycles.